The number of hydrogen-bond acceptors (Lipinski definition) is 3. The van der Waals surface area contributed by atoms with Crippen molar-refractivity contribution >= 4 is 17.7 Å². The predicted octanol–water partition coefficient (Wildman–Crippen LogP) is 4.28. The summed E-state index contributed by atoms with van der Waals surface area (Å²) in [5, 5.41) is 3.06. The Labute approximate surface area is 142 Å². The van der Waals surface area contributed by atoms with Gasteiger partial charge in [0.05, 0.1) is 18.9 Å². The number of rotatable bonds is 6. The molecule has 0 aliphatic rings. The van der Waals surface area contributed by atoms with Crippen molar-refractivity contribution in [3.8, 4) is 5.75 Å². The van der Waals surface area contributed by atoms with Gasteiger partial charge in [0.2, 0.25) is 5.91 Å². The lowest BCUT2D eigenvalue weighted by molar-refractivity contribution is -0.119. The monoisotopic (exact) mass is 329 g/mol. The first-order chi connectivity index (χ1) is 11.0. The molecule has 4 heteroatoms. The number of aryl methyl sites for hydroxylation is 2. The molecular weight excluding hydrogens is 306 g/mol. The highest BCUT2D eigenvalue weighted by atomic mass is 32.2. The fourth-order valence-electron chi connectivity index (χ4n) is 2.49. The molecule has 1 amide bonds. The SMILES string of the molecule is COc1ccc(SCC(=O)N[C@H](C)c2ccc(C)cc2C)cc1. The Hall–Kier alpha value is -1.94. The Morgan fingerprint density at radius 3 is 2.48 bits per heavy atom. The molecule has 2 aromatic carbocycles. The van der Waals surface area contributed by atoms with Gasteiger partial charge in [-0.1, -0.05) is 23.8 Å². The zero-order chi connectivity index (χ0) is 16.8. The molecule has 0 aliphatic carbocycles. The number of amides is 1. The van der Waals surface area contributed by atoms with E-state index >= 15 is 0 Å². The van der Waals surface area contributed by atoms with Crippen LogP contribution in [0.4, 0.5) is 0 Å². The first-order valence-corrected chi connectivity index (χ1v) is 8.61. The van der Waals surface area contributed by atoms with Gasteiger partial charge >= 0.3 is 0 Å². The molecule has 0 fully saturated rings. The molecule has 0 bridgehead atoms. The van der Waals surface area contributed by atoms with E-state index < -0.39 is 0 Å². The number of carbonyl (C=O) groups is 1. The van der Waals surface area contributed by atoms with Crippen molar-refractivity contribution in [1.82, 2.24) is 5.32 Å². The lowest BCUT2D eigenvalue weighted by atomic mass is 10.0. The van der Waals surface area contributed by atoms with Crippen LogP contribution in [0.5, 0.6) is 5.75 Å². The van der Waals surface area contributed by atoms with Gasteiger partial charge < -0.3 is 10.1 Å². The van der Waals surface area contributed by atoms with Gasteiger partial charge in [0.25, 0.3) is 0 Å². The number of nitrogens with one attached hydrogen (secondary N) is 1. The number of hydrogen-bond donors (Lipinski definition) is 1. The average Bonchev–Trinajstić information content (AvgIpc) is 2.53. The number of ether oxygens (including phenoxy) is 1. The van der Waals surface area contributed by atoms with E-state index in [1.54, 1.807) is 7.11 Å². The molecule has 1 N–H and O–H groups in total. The lowest BCUT2D eigenvalue weighted by Gasteiger charge is -2.17. The molecule has 0 aromatic heterocycles. The second-order valence-electron chi connectivity index (χ2n) is 5.61. The third kappa shape index (κ3) is 5.03. The van der Waals surface area contributed by atoms with E-state index in [-0.39, 0.29) is 11.9 Å². The molecule has 122 valence electrons. The first kappa shape index (κ1) is 17.4. The van der Waals surface area contributed by atoms with Gasteiger partial charge in [-0.25, -0.2) is 0 Å². The molecule has 0 saturated heterocycles. The van der Waals surface area contributed by atoms with Crippen molar-refractivity contribution < 1.29 is 9.53 Å². The number of benzene rings is 2. The van der Waals surface area contributed by atoms with Crippen molar-refractivity contribution in [2.24, 2.45) is 0 Å². The average molecular weight is 329 g/mol. The van der Waals surface area contributed by atoms with E-state index in [0.717, 1.165) is 10.6 Å². The Kier molecular flexibility index (Phi) is 6.11. The Balaban J connectivity index is 1.88. The van der Waals surface area contributed by atoms with Crippen LogP contribution in [0, 0.1) is 13.8 Å². The van der Waals surface area contributed by atoms with Crippen LogP contribution in [-0.4, -0.2) is 18.8 Å². The van der Waals surface area contributed by atoms with Gasteiger partial charge in [-0.15, -0.1) is 11.8 Å². The molecule has 0 spiro atoms. The quantitative estimate of drug-likeness (QED) is 0.804. The van der Waals surface area contributed by atoms with E-state index in [0.29, 0.717) is 5.75 Å². The maximum absolute atomic E-state index is 12.1. The molecule has 1 atom stereocenters. The summed E-state index contributed by atoms with van der Waals surface area (Å²) in [6.07, 6.45) is 0. The summed E-state index contributed by atoms with van der Waals surface area (Å²) < 4.78 is 5.13. The summed E-state index contributed by atoms with van der Waals surface area (Å²) in [5.74, 6) is 1.27. The van der Waals surface area contributed by atoms with Crippen molar-refractivity contribution in [1.29, 1.82) is 0 Å². The maximum atomic E-state index is 12.1. The summed E-state index contributed by atoms with van der Waals surface area (Å²) >= 11 is 1.52. The second-order valence-corrected chi connectivity index (χ2v) is 6.66. The third-order valence-electron chi connectivity index (χ3n) is 3.70. The zero-order valence-corrected chi connectivity index (χ0v) is 14.9. The minimum Gasteiger partial charge on any atom is -0.497 e. The number of methoxy groups -OCH3 is 1. The van der Waals surface area contributed by atoms with E-state index in [1.807, 2.05) is 31.2 Å². The fourth-order valence-corrected chi connectivity index (χ4v) is 3.20. The summed E-state index contributed by atoms with van der Waals surface area (Å²) in [6, 6.07) is 14.1. The first-order valence-electron chi connectivity index (χ1n) is 7.63. The van der Waals surface area contributed by atoms with Crippen LogP contribution < -0.4 is 10.1 Å². The highest BCUT2D eigenvalue weighted by molar-refractivity contribution is 8.00. The van der Waals surface area contributed by atoms with Crippen LogP contribution in [0.25, 0.3) is 0 Å². The van der Waals surface area contributed by atoms with Crippen molar-refractivity contribution in [3.05, 3.63) is 59.2 Å². The van der Waals surface area contributed by atoms with E-state index in [4.69, 9.17) is 4.74 Å². The molecule has 0 heterocycles. The normalized spacial score (nSPS) is 11.8. The largest absolute Gasteiger partial charge is 0.497 e. The fraction of sp³-hybridized carbons (Fsp3) is 0.316. The smallest absolute Gasteiger partial charge is 0.230 e. The standard InChI is InChI=1S/C19H23NO2S/c1-13-5-10-18(14(2)11-13)15(3)20-19(21)12-23-17-8-6-16(22-4)7-9-17/h5-11,15H,12H2,1-4H3,(H,20,21)/t15-/m1/s1. The van der Waals surface area contributed by atoms with Crippen molar-refractivity contribution in [3.63, 3.8) is 0 Å². The van der Waals surface area contributed by atoms with Crippen molar-refractivity contribution in [2.75, 3.05) is 12.9 Å². The Morgan fingerprint density at radius 1 is 1.17 bits per heavy atom. The van der Waals surface area contributed by atoms with Crippen LogP contribution in [0.2, 0.25) is 0 Å². The molecule has 0 unspecified atom stereocenters. The molecule has 3 nitrogen and oxygen atoms in total. The molecule has 2 aromatic rings. The Morgan fingerprint density at radius 2 is 1.87 bits per heavy atom. The van der Waals surface area contributed by atoms with E-state index in [9.17, 15) is 4.79 Å². The molecule has 23 heavy (non-hydrogen) atoms. The van der Waals surface area contributed by atoms with E-state index in [2.05, 4.69) is 37.4 Å². The Bertz CT molecular complexity index is 668. The van der Waals surface area contributed by atoms with Crippen LogP contribution in [-0.2, 0) is 4.79 Å². The second kappa shape index (κ2) is 8.06. The molecule has 0 saturated carbocycles. The van der Waals surface area contributed by atoms with Crippen LogP contribution in [0.15, 0.2) is 47.4 Å². The molecular formula is C19H23NO2S. The predicted molar refractivity (Wildman–Crippen MR) is 96.2 cm³/mol. The molecule has 2 rings (SSSR count). The summed E-state index contributed by atoms with van der Waals surface area (Å²) in [7, 11) is 1.64. The summed E-state index contributed by atoms with van der Waals surface area (Å²) in [4.78, 5) is 13.2. The van der Waals surface area contributed by atoms with Gasteiger partial charge in [-0.3, -0.25) is 4.79 Å². The minimum absolute atomic E-state index is 0.0135. The maximum Gasteiger partial charge on any atom is 0.230 e. The molecule has 0 radical (unpaired) electrons. The van der Waals surface area contributed by atoms with E-state index in [1.165, 1.54) is 28.5 Å². The lowest BCUT2D eigenvalue weighted by Crippen LogP contribution is -2.28. The zero-order valence-electron chi connectivity index (χ0n) is 14.1. The van der Waals surface area contributed by atoms with Crippen molar-refractivity contribution in [2.45, 2.75) is 31.7 Å². The van der Waals surface area contributed by atoms with Crippen LogP contribution >= 0.6 is 11.8 Å². The van der Waals surface area contributed by atoms with Gasteiger partial charge in [-0.2, -0.15) is 0 Å². The van der Waals surface area contributed by atoms with Gasteiger partial charge in [0.15, 0.2) is 0 Å². The topological polar surface area (TPSA) is 38.3 Å². The van der Waals surface area contributed by atoms with Gasteiger partial charge in [0.1, 0.15) is 5.75 Å². The number of carbonyl (C=O) groups excluding carboxylic acids is 1. The summed E-state index contributed by atoms with van der Waals surface area (Å²) in [6.45, 7) is 6.18. The third-order valence-corrected chi connectivity index (χ3v) is 4.71. The van der Waals surface area contributed by atoms with Gasteiger partial charge in [0, 0.05) is 4.90 Å². The molecule has 0 aliphatic heterocycles. The highest BCUT2D eigenvalue weighted by Crippen LogP contribution is 2.22. The van der Waals surface area contributed by atoms with Gasteiger partial charge in [-0.05, 0) is 56.2 Å². The minimum atomic E-state index is 0.0135. The van der Waals surface area contributed by atoms with Crippen LogP contribution in [0.1, 0.15) is 29.7 Å². The highest BCUT2D eigenvalue weighted by Gasteiger charge is 2.12. The number of thioether (sulfide) groups is 1. The summed E-state index contributed by atoms with van der Waals surface area (Å²) in [5.41, 5.74) is 3.61. The van der Waals surface area contributed by atoms with Crippen LogP contribution in [0.3, 0.4) is 0 Å².